The van der Waals surface area contributed by atoms with Gasteiger partial charge in [0.2, 0.25) is 0 Å². The Hall–Kier alpha value is -1.22. The number of methoxy groups -OCH3 is 1. The van der Waals surface area contributed by atoms with Gasteiger partial charge in [0, 0.05) is 0 Å². The summed E-state index contributed by atoms with van der Waals surface area (Å²) in [6.07, 6.45) is -3.51. The molecule has 220 valence electrons. The lowest BCUT2D eigenvalue weighted by molar-refractivity contribution is -0.203. The zero-order valence-electron chi connectivity index (χ0n) is 25.0. The highest BCUT2D eigenvalue weighted by Crippen LogP contribution is 2.50. The second kappa shape index (κ2) is 13.2. The summed E-state index contributed by atoms with van der Waals surface area (Å²) in [5.74, 6) is -0.338. The Labute approximate surface area is 240 Å². The molecule has 8 nitrogen and oxygen atoms in total. The van der Waals surface area contributed by atoms with Crippen LogP contribution in [0.5, 0.6) is 0 Å². The van der Waals surface area contributed by atoms with Gasteiger partial charge in [-0.25, -0.2) is 9.59 Å². The Balaban J connectivity index is 2.23. The molecule has 0 amide bonds. The summed E-state index contributed by atoms with van der Waals surface area (Å²) in [7, 11) is -4.72. The Kier molecular flexibility index (Phi) is 10.9. The molecule has 1 aromatic rings. The molecule has 39 heavy (non-hydrogen) atoms. The smallest absolute Gasteiger partial charge is 0.338 e. The number of esters is 2. The second-order valence-electron chi connectivity index (χ2n) is 11.5. The van der Waals surface area contributed by atoms with E-state index < -0.39 is 58.9 Å². The van der Waals surface area contributed by atoms with Crippen LogP contribution in [0.4, 0.5) is 0 Å². The van der Waals surface area contributed by atoms with Crippen molar-refractivity contribution in [2.45, 2.75) is 114 Å². The number of carbonyl (C=O) groups excluding carboxylic acids is 2. The van der Waals surface area contributed by atoms with Crippen molar-refractivity contribution < 1.29 is 36.8 Å². The van der Waals surface area contributed by atoms with Crippen molar-refractivity contribution >= 4 is 40.8 Å². The van der Waals surface area contributed by atoms with Crippen LogP contribution in [0.2, 0.25) is 22.2 Å². The number of ether oxygens (including phenoxy) is 3. The van der Waals surface area contributed by atoms with Crippen LogP contribution in [0.3, 0.4) is 0 Å². The molecular weight excluding hydrogens is 553 g/mol. The van der Waals surface area contributed by atoms with Crippen LogP contribution >= 0.6 is 11.8 Å². The van der Waals surface area contributed by atoms with E-state index in [1.807, 2.05) is 13.0 Å². The Morgan fingerprint density at radius 2 is 1.38 bits per heavy atom. The summed E-state index contributed by atoms with van der Waals surface area (Å²) >= 11 is 1.46. The summed E-state index contributed by atoms with van der Waals surface area (Å²) in [6.45, 7) is 19.0. The summed E-state index contributed by atoms with van der Waals surface area (Å²) in [4.78, 5) is 26.6. The van der Waals surface area contributed by atoms with Gasteiger partial charge in [-0.15, -0.1) is 11.8 Å². The number of carbonyl (C=O) groups is 2. The predicted octanol–water partition coefficient (Wildman–Crippen LogP) is 6.19. The van der Waals surface area contributed by atoms with Gasteiger partial charge in [-0.05, 0) is 40.1 Å². The molecule has 0 saturated carbocycles. The molecule has 0 aromatic heterocycles. The minimum absolute atomic E-state index is 0.0654. The molecule has 0 unspecified atom stereocenters. The van der Waals surface area contributed by atoms with Gasteiger partial charge in [0.05, 0.1) is 12.7 Å². The van der Waals surface area contributed by atoms with Crippen LogP contribution in [0.1, 0.15) is 72.7 Å². The first-order valence-corrected chi connectivity index (χ1v) is 19.0. The van der Waals surface area contributed by atoms with Crippen LogP contribution in [0.15, 0.2) is 30.3 Å². The van der Waals surface area contributed by atoms with Crippen LogP contribution in [-0.4, -0.2) is 71.8 Å². The van der Waals surface area contributed by atoms with Crippen molar-refractivity contribution in [3.8, 4) is 0 Å². The number of benzene rings is 1. The van der Waals surface area contributed by atoms with Crippen LogP contribution < -0.4 is 0 Å². The van der Waals surface area contributed by atoms with Gasteiger partial charge in [0.25, 0.3) is 0 Å². The van der Waals surface area contributed by atoms with Crippen molar-refractivity contribution in [2.24, 2.45) is 0 Å². The third kappa shape index (κ3) is 6.34. The molecule has 2 saturated heterocycles. The maximum Gasteiger partial charge on any atom is 0.338 e. The quantitative estimate of drug-likeness (QED) is 0.244. The monoisotopic (exact) mass is 598 g/mol. The Morgan fingerprint density at radius 3 is 1.85 bits per heavy atom. The van der Waals surface area contributed by atoms with Crippen molar-refractivity contribution in [2.75, 3.05) is 12.9 Å². The summed E-state index contributed by atoms with van der Waals surface area (Å²) in [5, 5.41) is 0. The number of hydrogen-bond donors (Lipinski definition) is 0. The Morgan fingerprint density at radius 1 is 0.872 bits per heavy atom. The molecule has 0 spiro atoms. The maximum atomic E-state index is 13.4. The molecule has 0 N–H and O–H groups in total. The van der Waals surface area contributed by atoms with E-state index in [1.54, 1.807) is 24.3 Å². The normalized spacial score (nSPS) is 28.3. The highest BCUT2D eigenvalue weighted by Gasteiger charge is 2.66. The van der Waals surface area contributed by atoms with Crippen molar-refractivity contribution in [3.63, 3.8) is 0 Å². The zero-order chi connectivity index (χ0) is 29.1. The van der Waals surface area contributed by atoms with Gasteiger partial charge in [-0.2, -0.15) is 0 Å². The van der Waals surface area contributed by atoms with E-state index in [0.29, 0.717) is 11.3 Å². The lowest BCUT2D eigenvalue weighted by Gasteiger charge is -2.46. The minimum atomic E-state index is -3.03. The molecule has 2 fully saturated rings. The van der Waals surface area contributed by atoms with E-state index in [-0.39, 0.29) is 22.2 Å². The molecule has 2 aliphatic rings. The highest BCUT2D eigenvalue weighted by molar-refractivity contribution is 7.99. The first-order valence-electron chi connectivity index (χ1n) is 14.0. The lowest BCUT2D eigenvalue weighted by atomic mass is 9.99. The molecule has 2 heterocycles. The third-order valence-electron chi connectivity index (χ3n) is 7.69. The average molecular weight is 599 g/mol. The molecular formula is C28H46O8SSi2. The van der Waals surface area contributed by atoms with Crippen molar-refractivity contribution in [1.29, 1.82) is 0 Å². The first kappa shape index (κ1) is 32.3. The third-order valence-corrected chi connectivity index (χ3v) is 19.0. The number of thioether (sulfide) groups is 1. The lowest BCUT2D eigenvalue weighted by Crippen LogP contribution is -2.64. The highest BCUT2D eigenvalue weighted by atomic mass is 32.2. The van der Waals surface area contributed by atoms with Gasteiger partial charge in [0.1, 0.15) is 17.6 Å². The number of rotatable bonds is 9. The van der Waals surface area contributed by atoms with E-state index in [2.05, 4.69) is 55.4 Å². The summed E-state index contributed by atoms with van der Waals surface area (Å²) < 4.78 is 39.3. The van der Waals surface area contributed by atoms with Crippen molar-refractivity contribution in [1.82, 2.24) is 0 Å². The number of fused-ring (bicyclic) bond motifs is 1. The molecule has 0 aliphatic carbocycles. The van der Waals surface area contributed by atoms with Crippen LogP contribution in [-0.2, 0) is 32.0 Å². The molecule has 3 rings (SSSR count). The van der Waals surface area contributed by atoms with Gasteiger partial charge in [-0.1, -0.05) is 80.5 Å². The zero-order valence-corrected chi connectivity index (χ0v) is 27.8. The maximum absolute atomic E-state index is 13.4. The molecule has 2 aliphatic heterocycles. The second-order valence-corrected chi connectivity index (χ2v) is 21.6. The van der Waals surface area contributed by atoms with E-state index in [9.17, 15) is 9.59 Å². The van der Waals surface area contributed by atoms with E-state index in [4.69, 9.17) is 27.2 Å². The number of hydrogen-bond acceptors (Lipinski definition) is 9. The van der Waals surface area contributed by atoms with Crippen LogP contribution in [0, 0.1) is 0 Å². The minimum Gasteiger partial charge on any atom is -0.467 e. The van der Waals surface area contributed by atoms with Gasteiger partial charge in [-0.3, -0.25) is 0 Å². The molecule has 11 heteroatoms. The average Bonchev–Trinajstić information content (AvgIpc) is 3.07. The molecule has 0 radical (unpaired) electrons. The molecule has 5 atom stereocenters. The Bertz CT molecular complexity index is 958. The summed E-state index contributed by atoms with van der Waals surface area (Å²) in [6, 6.07) is 8.87. The SMILES string of the molecule is CCS[C@@H]1O[C@H](C(=O)OC)[C@H]2O[Si](C(C)C)(C(C)C)O[Si](C(C)C)(C(C)C)O[C@@H]2[C@H]1OC(=O)c1ccccc1. The fraction of sp³-hybridized carbons (Fsp3) is 0.714. The van der Waals surface area contributed by atoms with E-state index in [1.165, 1.54) is 18.9 Å². The van der Waals surface area contributed by atoms with Gasteiger partial charge in [0.15, 0.2) is 12.2 Å². The summed E-state index contributed by atoms with van der Waals surface area (Å²) in [5.41, 5.74) is 0.0540. The topological polar surface area (TPSA) is 89.5 Å². The molecule has 0 bridgehead atoms. The van der Waals surface area contributed by atoms with Gasteiger partial charge >= 0.3 is 29.1 Å². The van der Waals surface area contributed by atoms with Crippen LogP contribution in [0.25, 0.3) is 0 Å². The molecule has 1 aromatic carbocycles. The van der Waals surface area contributed by atoms with E-state index >= 15 is 0 Å². The largest absolute Gasteiger partial charge is 0.467 e. The fourth-order valence-corrected chi connectivity index (χ4v) is 17.9. The van der Waals surface area contributed by atoms with Crippen molar-refractivity contribution in [3.05, 3.63) is 35.9 Å². The standard InChI is InChI=1S/C28H46O8SSi2/c1-11-37-28-25(32-26(29)21-15-13-12-14-16-21)23-22(24(33-28)27(30)31-10)34-38(17(2)3,18(4)5)36-39(35-23,19(6)7)20(8)9/h12-20,22-25,28H,11H2,1-10H3/t22-,23-,24-,25+,28-/m0/s1. The predicted molar refractivity (Wildman–Crippen MR) is 157 cm³/mol. The first-order chi connectivity index (χ1) is 18.3. The van der Waals surface area contributed by atoms with Gasteiger partial charge < -0.3 is 27.2 Å². The van der Waals surface area contributed by atoms with E-state index in [0.717, 1.165) is 0 Å². The fourth-order valence-electron chi connectivity index (χ4n) is 5.64.